The highest BCUT2D eigenvalue weighted by Crippen LogP contribution is 2.45. The first kappa shape index (κ1) is 26.1. The molecule has 0 N–H and O–H groups in total. The summed E-state index contributed by atoms with van der Waals surface area (Å²) in [6.07, 6.45) is 3.23. The number of imidazole rings is 1. The Morgan fingerprint density at radius 3 is 2.40 bits per heavy atom. The molecule has 1 aliphatic rings. The number of halogens is 2. The number of nitrogens with zero attached hydrogens (tertiary/aromatic N) is 7. The highest BCUT2D eigenvalue weighted by atomic mass is 35.5. The molecule has 0 spiro atoms. The van der Waals surface area contributed by atoms with Gasteiger partial charge in [-0.1, -0.05) is 35.3 Å². The van der Waals surface area contributed by atoms with Crippen LogP contribution in [0.1, 0.15) is 47.7 Å². The van der Waals surface area contributed by atoms with E-state index in [9.17, 15) is 9.59 Å². The van der Waals surface area contributed by atoms with E-state index in [0.29, 0.717) is 38.7 Å². The van der Waals surface area contributed by atoms with Gasteiger partial charge in [-0.15, -0.1) is 0 Å². The first-order valence-corrected chi connectivity index (χ1v) is 13.3. The monoisotopic (exact) mass is 577 g/mol. The zero-order chi connectivity index (χ0) is 28.5. The smallest absolute Gasteiger partial charge is 0.279 e. The SMILES string of the molecule is COc1nc2c(cnn2C)cc1-c1nc2c(n1C(C)C)[C@@H](c1ccc(Cl)cc1)N(c1cc(Cl)cn(C)c1=O)C2=O. The van der Waals surface area contributed by atoms with Crippen LogP contribution in [0.25, 0.3) is 22.4 Å². The van der Waals surface area contributed by atoms with Gasteiger partial charge in [0.25, 0.3) is 11.5 Å². The summed E-state index contributed by atoms with van der Waals surface area (Å²) in [6.45, 7) is 4.02. The Hall–Kier alpha value is -4.15. The molecule has 0 unspecified atom stereocenters. The van der Waals surface area contributed by atoms with Crippen molar-refractivity contribution < 1.29 is 9.53 Å². The van der Waals surface area contributed by atoms with Gasteiger partial charge in [0, 0.05) is 36.7 Å². The third kappa shape index (κ3) is 3.89. The summed E-state index contributed by atoms with van der Waals surface area (Å²) in [6, 6.07) is 9.84. The number of fused-ring (bicyclic) bond motifs is 2. The van der Waals surface area contributed by atoms with Crippen molar-refractivity contribution in [3.63, 3.8) is 0 Å². The molecular formula is C28H25Cl2N7O3. The summed E-state index contributed by atoms with van der Waals surface area (Å²) in [4.78, 5) is 38.5. The first-order valence-electron chi connectivity index (χ1n) is 12.5. The van der Waals surface area contributed by atoms with Gasteiger partial charge < -0.3 is 13.9 Å². The van der Waals surface area contributed by atoms with Crippen molar-refractivity contribution in [1.82, 2.24) is 28.9 Å². The van der Waals surface area contributed by atoms with Gasteiger partial charge in [-0.25, -0.2) is 4.98 Å². The Labute approximate surface area is 239 Å². The van der Waals surface area contributed by atoms with Crippen molar-refractivity contribution in [2.45, 2.75) is 25.9 Å². The van der Waals surface area contributed by atoms with Crippen LogP contribution in [0.3, 0.4) is 0 Å². The maximum atomic E-state index is 14.2. The van der Waals surface area contributed by atoms with Crippen LogP contribution in [0.5, 0.6) is 5.88 Å². The number of carbonyl (C=O) groups excluding carboxylic acids is 1. The lowest BCUT2D eigenvalue weighted by Crippen LogP contribution is -2.36. The fourth-order valence-electron chi connectivity index (χ4n) is 5.33. The van der Waals surface area contributed by atoms with Crippen LogP contribution in [0.4, 0.5) is 5.69 Å². The standard InChI is InChI=1S/C28H25Cl2N7O3/c1-14(2)36-23-21(32-25(36)19-10-16-12-31-35(4)24(16)33-26(19)40-5)28(39)37(20-11-18(30)13-34(3)27(20)38)22(23)15-6-8-17(29)9-7-15/h6-14,22H,1-5H3/t22-/m1/s1. The number of aryl methyl sites for hydroxylation is 2. The van der Waals surface area contributed by atoms with E-state index in [4.69, 9.17) is 32.9 Å². The van der Waals surface area contributed by atoms with Gasteiger partial charge in [-0.3, -0.25) is 19.2 Å². The van der Waals surface area contributed by atoms with Crippen molar-refractivity contribution in [2.75, 3.05) is 12.0 Å². The average Bonchev–Trinajstić information content (AvgIpc) is 3.57. The normalized spacial score (nSPS) is 14.9. The van der Waals surface area contributed by atoms with Crippen LogP contribution in [0.2, 0.25) is 10.0 Å². The quantitative estimate of drug-likeness (QED) is 0.285. The van der Waals surface area contributed by atoms with Gasteiger partial charge in [-0.05, 0) is 43.7 Å². The van der Waals surface area contributed by atoms with Crippen LogP contribution in [-0.2, 0) is 14.1 Å². The molecule has 6 rings (SSSR count). The number of hydrogen-bond acceptors (Lipinski definition) is 6. The number of methoxy groups -OCH3 is 1. The van der Waals surface area contributed by atoms with Crippen LogP contribution < -0.4 is 15.2 Å². The van der Waals surface area contributed by atoms with Gasteiger partial charge in [0.05, 0.1) is 29.6 Å². The fourth-order valence-corrected chi connectivity index (χ4v) is 5.71. The summed E-state index contributed by atoms with van der Waals surface area (Å²) in [5.74, 6) is 0.475. The number of anilines is 1. The molecule has 40 heavy (non-hydrogen) atoms. The van der Waals surface area contributed by atoms with E-state index in [1.54, 1.807) is 37.2 Å². The average molecular weight is 578 g/mol. The van der Waals surface area contributed by atoms with Crippen LogP contribution in [-0.4, -0.2) is 41.9 Å². The molecule has 204 valence electrons. The number of benzene rings is 1. The van der Waals surface area contributed by atoms with Gasteiger partial charge in [-0.2, -0.15) is 10.1 Å². The van der Waals surface area contributed by atoms with Gasteiger partial charge in [0.2, 0.25) is 5.88 Å². The van der Waals surface area contributed by atoms with Gasteiger partial charge >= 0.3 is 0 Å². The first-order chi connectivity index (χ1) is 19.1. The molecule has 1 amide bonds. The minimum atomic E-state index is -0.671. The number of hydrogen-bond donors (Lipinski definition) is 0. The molecule has 5 aromatic rings. The molecule has 0 bridgehead atoms. The Kier molecular flexibility index (Phi) is 6.19. The summed E-state index contributed by atoms with van der Waals surface area (Å²) < 4.78 is 10.7. The minimum absolute atomic E-state index is 0.120. The number of aromatic nitrogens is 6. The van der Waals surface area contributed by atoms with E-state index in [-0.39, 0.29) is 23.0 Å². The van der Waals surface area contributed by atoms with Crippen molar-refractivity contribution in [3.8, 4) is 17.3 Å². The molecule has 0 saturated heterocycles. The molecular weight excluding hydrogens is 553 g/mol. The third-order valence-electron chi connectivity index (χ3n) is 7.09. The highest BCUT2D eigenvalue weighted by Gasteiger charge is 2.46. The lowest BCUT2D eigenvalue weighted by atomic mass is 10.0. The summed E-state index contributed by atoms with van der Waals surface area (Å²) in [7, 11) is 4.95. The zero-order valence-electron chi connectivity index (χ0n) is 22.4. The molecule has 12 heteroatoms. The largest absolute Gasteiger partial charge is 0.480 e. The van der Waals surface area contributed by atoms with E-state index in [0.717, 1.165) is 10.9 Å². The van der Waals surface area contributed by atoms with Gasteiger partial charge in [0.1, 0.15) is 17.6 Å². The highest BCUT2D eigenvalue weighted by molar-refractivity contribution is 6.31. The number of amides is 1. The molecule has 4 aromatic heterocycles. The second-order valence-corrected chi connectivity index (χ2v) is 10.8. The molecule has 1 atom stereocenters. The van der Waals surface area contributed by atoms with Crippen molar-refractivity contribution in [3.05, 3.63) is 86.1 Å². The Balaban J connectivity index is 1.65. The second-order valence-electron chi connectivity index (χ2n) is 9.95. The van der Waals surface area contributed by atoms with E-state index in [1.165, 1.54) is 21.7 Å². The Morgan fingerprint density at radius 2 is 1.73 bits per heavy atom. The Morgan fingerprint density at radius 1 is 1.00 bits per heavy atom. The fraction of sp³-hybridized carbons (Fsp3) is 0.250. The predicted octanol–water partition coefficient (Wildman–Crippen LogP) is 5.18. The van der Waals surface area contributed by atoms with Crippen LogP contribution in [0, 0.1) is 0 Å². The maximum absolute atomic E-state index is 14.2. The topological polar surface area (TPSA) is 100 Å². The molecule has 1 aliphatic heterocycles. The zero-order valence-corrected chi connectivity index (χ0v) is 23.9. The van der Waals surface area contributed by atoms with Crippen LogP contribution >= 0.6 is 23.2 Å². The predicted molar refractivity (Wildman–Crippen MR) is 153 cm³/mol. The number of pyridine rings is 2. The number of rotatable bonds is 5. The number of carbonyl (C=O) groups is 1. The molecule has 0 aliphatic carbocycles. The lowest BCUT2D eigenvalue weighted by molar-refractivity contribution is 0.0989. The van der Waals surface area contributed by atoms with E-state index in [1.807, 2.05) is 43.7 Å². The van der Waals surface area contributed by atoms with Gasteiger partial charge in [0.15, 0.2) is 11.3 Å². The molecule has 0 fully saturated rings. The van der Waals surface area contributed by atoms with E-state index >= 15 is 0 Å². The van der Waals surface area contributed by atoms with Crippen molar-refractivity contribution >= 4 is 45.8 Å². The van der Waals surface area contributed by atoms with Crippen molar-refractivity contribution in [2.24, 2.45) is 14.1 Å². The Bertz CT molecular complexity index is 1870. The third-order valence-corrected chi connectivity index (χ3v) is 7.54. The van der Waals surface area contributed by atoms with Crippen LogP contribution in [0.15, 0.2) is 53.6 Å². The molecule has 10 nitrogen and oxygen atoms in total. The maximum Gasteiger partial charge on any atom is 0.279 e. The van der Waals surface area contributed by atoms with Crippen molar-refractivity contribution in [1.29, 1.82) is 0 Å². The molecule has 5 heterocycles. The van der Waals surface area contributed by atoms with E-state index < -0.39 is 11.9 Å². The second kappa shape index (κ2) is 9.50. The summed E-state index contributed by atoms with van der Waals surface area (Å²) in [5.41, 5.74) is 2.73. The number of ether oxygens (including phenoxy) is 1. The molecule has 0 radical (unpaired) electrons. The lowest BCUT2D eigenvalue weighted by Gasteiger charge is -2.28. The minimum Gasteiger partial charge on any atom is -0.480 e. The molecule has 1 aromatic carbocycles. The van der Waals surface area contributed by atoms with E-state index in [2.05, 4.69) is 10.1 Å². The summed E-state index contributed by atoms with van der Waals surface area (Å²) >= 11 is 12.6. The molecule has 0 saturated carbocycles. The summed E-state index contributed by atoms with van der Waals surface area (Å²) in [5, 5.41) is 6.00.